The van der Waals surface area contributed by atoms with E-state index in [1.165, 1.54) is 74.6 Å². The van der Waals surface area contributed by atoms with Gasteiger partial charge in [-0.25, -0.2) is 9.59 Å². The molecule has 1 unspecified atom stereocenters. The highest BCUT2D eigenvalue weighted by molar-refractivity contribution is 7.80. The van der Waals surface area contributed by atoms with Crippen LogP contribution in [0.4, 0.5) is 11.4 Å². The van der Waals surface area contributed by atoms with Crippen molar-refractivity contribution in [3.05, 3.63) is 72.4 Å². The fourth-order valence-corrected chi connectivity index (χ4v) is 5.41. The van der Waals surface area contributed by atoms with Gasteiger partial charge in [-0.05, 0) is 106 Å². The Morgan fingerprint density at radius 1 is 1.07 bits per heavy atom. The average molecular weight is 623 g/mol. The Morgan fingerprint density at radius 2 is 1.75 bits per heavy atom. The maximum atomic E-state index is 9.55. The molecule has 1 aliphatic heterocycles. The number of unbranched alkanes of at least 4 members (excludes halogenated alkanes) is 3. The quantitative estimate of drug-likeness (QED) is 0.0662. The summed E-state index contributed by atoms with van der Waals surface area (Å²) >= 11 is 5.81. The van der Waals surface area contributed by atoms with E-state index in [2.05, 4.69) is 60.4 Å². The van der Waals surface area contributed by atoms with Crippen LogP contribution in [0.1, 0.15) is 77.2 Å². The first-order valence-electron chi connectivity index (χ1n) is 15.5. The molecule has 10 heteroatoms. The number of hydrogen-bond donors (Lipinski definition) is 4. The number of carboxylic acid groups (broad SMARTS) is 2. The molecule has 1 saturated heterocycles. The number of aromatic nitrogens is 1. The van der Waals surface area contributed by atoms with Crippen molar-refractivity contribution < 1.29 is 24.6 Å². The van der Waals surface area contributed by atoms with Gasteiger partial charge in [0, 0.05) is 34.9 Å². The number of aromatic amines is 1. The number of thiocarbonyl (C=S) groups is 1. The van der Waals surface area contributed by atoms with E-state index in [1.807, 2.05) is 30.3 Å². The van der Waals surface area contributed by atoms with Crippen LogP contribution in [0.5, 0.6) is 0 Å². The molecule has 238 valence electrons. The second-order valence-corrected chi connectivity index (χ2v) is 11.5. The largest absolute Gasteiger partial charge is 0.478 e. The molecule has 0 aliphatic carbocycles. The van der Waals surface area contributed by atoms with Crippen LogP contribution in [-0.4, -0.2) is 62.9 Å². The highest BCUT2D eigenvalue weighted by Crippen LogP contribution is 2.34. The third-order valence-electron chi connectivity index (χ3n) is 7.72. The second-order valence-electron chi connectivity index (χ2n) is 11.1. The number of nitrogens with zero attached hydrogens (tertiary/aromatic N) is 2. The zero-order valence-electron chi connectivity index (χ0n) is 26.0. The van der Waals surface area contributed by atoms with Crippen LogP contribution < -0.4 is 10.4 Å². The van der Waals surface area contributed by atoms with E-state index in [-0.39, 0.29) is 6.10 Å². The molecule has 1 aromatic heterocycles. The Morgan fingerprint density at radius 3 is 2.36 bits per heavy atom. The summed E-state index contributed by atoms with van der Waals surface area (Å²) in [5.41, 5.74) is 4.51. The Bertz CT molecular complexity index is 1350. The lowest BCUT2D eigenvalue weighted by molar-refractivity contribution is -0.134. The lowest BCUT2D eigenvalue weighted by atomic mass is 9.89. The molecule has 3 aromatic rings. The third kappa shape index (κ3) is 11.1. The molecule has 44 heavy (non-hydrogen) atoms. The first-order chi connectivity index (χ1) is 21.2. The Balaban J connectivity index is 0.000000583. The van der Waals surface area contributed by atoms with Gasteiger partial charge in [-0.3, -0.25) is 4.84 Å². The summed E-state index contributed by atoms with van der Waals surface area (Å²) in [6, 6.07) is 16.5. The van der Waals surface area contributed by atoms with Gasteiger partial charge >= 0.3 is 11.9 Å². The lowest BCUT2D eigenvalue weighted by Crippen LogP contribution is -2.37. The van der Waals surface area contributed by atoms with Gasteiger partial charge < -0.3 is 25.4 Å². The maximum Gasteiger partial charge on any atom is 0.328 e. The molecule has 2 aromatic carbocycles. The number of carbonyl (C=O) groups is 2. The minimum Gasteiger partial charge on any atom is -0.478 e. The van der Waals surface area contributed by atoms with Crippen molar-refractivity contribution in [1.82, 2.24) is 9.88 Å². The minimum atomic E-state index is -1.26. The van der Waals surface area contributed by atoms with Gasteiger partial charge in [-0.15, -0.1) is 0 Å². The van der Waals surface area contributed by atoms with Crippen LogP contribution in [0.3, 0.4) is 0 Å². The Kier molecular flexibility index (Phi) is 14.3. The zero-order chi connectivity index (χ0) is 31.9. The molecular weight excluding hydrogens is 576 g/mol. The molecule has 0 spiro atoms. The molecule has 0 radical (unpaired) electrons. The smallest absolute Gasteiger partial charge is 0.328 e. The van der Waals surface area contributed by atoms with Crippen molar-refractivity contribution >= 4 is 51.5 Å². The van der Waals surface area contributed by atoms with E-state index in [0.717, 1.165) is 17.8 Å². The van der Waals surface area contributed by atoms with E-state index in [9.17, 15) is 9.59 Å². The van der Waals surface area contributed by atoms with Gasteiger partial charge in [0.05, 0.1) is 11.8 Å². The molecule has 0 saturated carbocycles. The van der Waals surface area contributed by atoms with Crippen LogP contribution in [0, 0.1) is 0 Å². The number of anilines is 2. The monoisotopic (exact) mass is 622 g/mol. The van der Waals surface area contributed by atoms with Gasteiger partial charge in [-0.1, -0.05) is 51.3 Å². The predicted octanol–water partition coefficient (Wildman–Crippen LogP) is 7.57. The number of hydroxylamine groups is 1. The summed E-state index contributed by atoms with van der Waals surface area (Å²) < 4.78 is 0. The van der Waals surface area contributed by atoms with Crippen LogP contribution in [-0.2, 0) is 14.4 Å². The third-order valence-corrected chi connectivity index (χ3v) is 7.99. The number of hydrogen-bond acceptors (Lipinski definition) is 5. The molecule has 1 atom stereocenters. The number of likely N-dealkylation sites (tertiary alicyclic amines) is 1. The first kappa shape index (κ1) is 34.8. The number of piperidine rings is 1. The molecule has 0 bridgehead atoms. The number of para-hydroxylation sites is 1. The first-order valence-corrected chi connectivity index (χ1v) is 15.9. The van der Waals surface area contributed by atoms with E-state index >= 15 is 0 Å². The van der Waals surface area contributed by atoms with Crippen LogP contribution >= 0.6 is 12.2 Å². The number of benzene rings is 2. The summed E-state index contributed by atoms with van der Waals surface area (Å²) in [7, 11) is 0. The highest BCUT2D eigenvalue weighted by Gasteiger charge is 2.23. The van der Waals surface area contributed by atoms with Gasteiger partial charge in [0.1, 0.15) is 0 Å². The van der Waals surface area contributed by atoms with Crippen molar-refractivity contribution in [2.45, 2.75) is 77.7 Å². The van der Waals surface area contributed by atoms with E-state index in [1.54, 1.807) is 5.06 Å². The summed E-state index contributed by atoms with van der Waals surface area (Å²) in [5, 5.41) is 22.6. The van der Waals surface area contributed by atoms with Crippen LogP contribution in [0.15, 0.2) is 66.9 Å². The van der Waals surface area contributed by atoms with Gasteiger partial charge in [-0.2, -0.15) is 5.06 Å². The number of nitrogens with one attached hydrogen (secondary N) is 2. The molecule has 4 N–H and O–H groups in total. The standard InChI is InChI=1S/C30H42N4OS.C4H4O4/c1-4-6-7-11-18-33-19-16-24(17-20-33)28-22-31-29-15-14-25(21-27(28)29)32-30(36)34(35-23(3)5-2)26-12-9-8-10-13-26;5-3(6)1-2-4(7)8/h8-10,12-15,21-24,31H,4-7,11,16-20H2,1-3H3,(H,32,36);1-2H,(H,5,6)(H,7,8). The molecule has 1 aliphatic rings. The minimum absolute atomic E-state index is 0.0567. The number of rotatable bonds is 13. The fourth-order valence-electron chi connectivity index (χ4n) is 5.15. The molecule has 2 heterocycles. The van der Waals surface area contributed by atoms with Gasteiger partial charge in [0.25, 0.3) is 0 Å². The van der Waals surface area contributed by atoms with Crippen molar-refractivity contribution in [3.63, 3.8) is 0 Å². The second kappa shape index (κ2) is 18.2. The molecule has 9 nitrogen and oxygen atoms in total. The Hall–Kier alpha value is -3.73. The molecular formula is C34H46N4O5S. The summed E-state index contributed by atoms with van der Waals surface area (Å²) in [6.07, 6.45) is 12.1. The normalized spacial score (nSPS) is 14.6. The lowest BCUT2D eigenvalue weighted by Gasteiger charge is -2.32. The summed E-state index contributed by atoms with van der Waals surface area (Å²) in [4.78, 5) is 31.4. The zero-order valence-corrected chi connectivity index (χ0v) is 26.8. The van der Waals surface area contributed by atoms with Crippen molar-refractivity contribution in [2.75, 3.05) is 30.0 Å². The number of fused-ring (bicyclic) bond motifs is 1. The predicted molar refractivity (Wildman–Crippen MR) is 181 cm³/mol. The molecule has 4 rings (SSSR count). The maximum absolute atomic E-state index is 9.55. The topological polar surface area (TPSA) is 118 Å². The van der Waals surface area contributed by atoms with Gasteiger partial charge in [0.15, 0.2) is 0 Å². The van der Waals surface area contributed by atoms with E-state index in [4.69, 9.17) is 27.3 Å². The van der Waals surface area contributed by atoms with Crippen molar-refractivity contribution in [2.24, 2.45) is 0 Å². The summed E-state index contributed by atoms with van der Waals surface area (Å²) in [6.45, 7) is 10.1. The summed E-state index contributed by atoms with van der Waals surface area (Å²) in [5.74, 6) is -1.91. The number of H-pyrrole nitrogens is 1. The van der Waals surface area contributed by atoms with Crippen molar-refractivity contribution in [3.8, 4) is 0 Å². The molecule has 0 amide bonds. The van der Waals surface area contributed by atoms with E-state index < -0.39 is 11.9 Å². The molecule has 1 fully saturated rings. The average Bonchev–Trinajstić information content (AvgIpc) is 3.45. The van der Waals surface area contributed by atoms with Gasteiger partial charge in [0.2, 0.25) is 5.11 Å². The number of carboxylic acids is 2. The van der Waals surface area contributed by atoms with E-state index in [0.29, 0.717) is 23.2 Å². The highest BCUT2D eigenvalue weighted by atomic mass is 32.1. The SMILES string of the molecule is CCCCCCN1CCC(c2c[nH]c3ccc(NC(=S)N(OC(C)CC)c4ccccc4)cc23)CC1.O=C(O)C=CC(=O)O. The Labute approximate surface area is 265 Å². The fraction of sp³-hybridized carbons (Fsp3) is 0.441. The number of aliphatic carboxylic acids is 2. The van der Waals surface area contributed by atoms with Crippen LogP contribution in [0.2, 0.25) is 0 Å². The van der Waals surface area contributed by atoms with Crippen LogP contribution in [0.25, 0.3) is 10.9 Å². The van der Waals surface area contributed by atoms with Crippen molar-refractivity contribution in [1.29, 1.82) is 0 Å².